The summed E-state index contributed by atoms with van der Waals surface area (Å²) < 4.78 is 11.5. The van der Waals surface area contributed by atoms with Crippen LogP contribution in [-0.2, 0) is 14.9 Å². The minimum atomic E-state index is -0.750. The van der Waals surface area contributed by atoms with Crippen LogP contribution in [0.1, 0.15) is 44.2 Å². The van der Waals surface area contributed by atoms with Crippen molar-refractivity contribution in [3.05, 3.63) is 29.3 Å². The summed E-state index contributed by atoms with van der Waals surface area (Å²) in [6.07, 6.45) is 2.56. The van der Waals surface area contributed by atoms with Crippen LogP contribution in [0.5, 0.6) is 0 Å². The molecule has 1 aromatic carbocycles. The monoisotopic (exact) mass is 285 g/mol. The number of benzene rings is 1. The van der Waals surface area contributed by atoms with Gasteiger partial charge in [0, 0.05) is 24.1 Å². The zero-order valence-electron chi connectivity index (χ0n) is 12.6. The molecule has 4 nitrogen and oxygen atoms in total. The molecule has 0 amide bonds. The third kappa shape index (κ3) is 2.72. The topological polar surface area (TPSA) is 62.5 Å². The van der Waals surface area contributed by atoms with E-state index in [4.69, 9.17) is 9.31 Å². The molecule has 1 saturated carbocycles. The Balaban J connectivity index is 1.85. The average Bonchev–Trinajstić information content (AvgIpc) is 2.44. The molecule has 0 radical (unpaired) electrons. The number of hydrogen-bond donors (Lipinski definition) is 1. The Morgan fingerprint density at radius 1 is 1.24 bits per heavy atom. The molecular formula is C16H20BNO3. The molecule has 110 valence electrons. The molecule has 2 aliphatic rings. The van der Waals surface area contributed by atoms with Crippen LogP contribution in [0.25, 0.3) is 0 Å². The maximum Gasteiger partial charge on any atom is 0.495 e. The zero-order valence-corrected chi connectivity index (χ0v) is 12.6. The van der Waals surface area contributed by atoms with Gasteiger partial charge < -0.3 is 14.4 Å². The molecule has 0 atom stereocenters. The van der Waals surface area contributed by atoms with Crippen molar-refractivity contribution in [1.82, 2.24) is 0 Å². The Morgan fingerprint density at radius 3 is 2.43 bits per heavy atom. The van der Waals surface area contributed by atoms with Crippen molar-refractivity contribution < 1.29 is 14.4 Å². The van der Waals surface area contributed by atoms with E-state index in [1.165, 1.54) is 0 Å². The summed E-state index contributed by atoms with van der Waals surface area (Å²) in [6.45, 7) is 5.38. The fraction of sp³-hybridized carbons (Fsp3) is 0.562. The van der Waals surface area contributed by atoms with E-state index in [9.17, 15) is 10.4 Å². The largest absolute Gasteiger partial charge is 0.495 e. The minimum absolute atomic E-state index is 0.00430. The number of rotatable bonds is 2. The van der Waals surface area contributed by atoms with Crippen LogP contribution >= 0.6 is 0 Å². The molecule has 0 aromatic heterocycles. The van der Waals surface area contributed by atoms with E-state index in [-0.39, 0.29) is 5.41 Å². The Labute approximate surface area is 125 Å². The summed E-state index contributed by atoms with van der Waals surface area (Å²) in [5.74, 6) is 0. The van der Waals surface area contributed by atoms with Crippen LogP contribution in [-0.4, -0.2) is 25.4 Å². The first-order valence-corrected chi connectivity index (χ1v) is 7.44. The van der Waals surface area contributed by atoms with Gasteiger partial charge in [-0.25, -0.2) is 0 Å². The summed E-state index contributed by atoms with van der Waals surface area (Å²) in [5.41, 5.74) is 1.35. The maximum atomic E-state index is 10.4. The van der Waals surface area contributed by atoms with Crippen LogP contribution in [0.2, 0.25) is 0 Å². The lowest BCUT2D eigenvalue weighted by molar-refractivity contribution is -0.0388. The Bertz CT molecular complexity index is 580. The number of nitriles is 1. The predicted octanol–water partition coefficient (Wildman–Crippen LogP) is 1.70. The first-order chi connectivity index (χ1) is 9.93. The number of hydrogen-bond acceptors (Lipinski definition) is 4. The van der Waals surface area contributed by atoms with Gasteiger partial charge >= 0.3 is 7.12 Å². The van der Waals surface area contributed by atoms with Gasteiger partial charge in [-0.3, -0.25) is 0 Å². The van der Waals surface area contributed by atoms with Gasteiger partial charge in [-0.05, 0) is 30.9 Å². The molecule has 21 heavy (non-hydrogen) atoms. The molecule has 0 unspecified atom stereocenters. The molecule has 5 heteroatoms. The maximum absolute atomic E-state index is 10.4. The first-order valence-electron chi connectivity index (χ1n) is 7.44. The lowest BCUT2D eigenvalue weighted by Crippen LogP contribution is -2.48. The second-order valence-corrected chi connectivity index (χ2v) is 6.92. The van der Waals surface area contributed by atoms with Gasteiger partial charge in [-0.15, -0.1) is 0 Å². The lowest BCUT2D eigenvalue weighted by Gasteiger charge is -2.37. The van der Waals surface area contributed by atoms with Crippen LogP contribution < -0.4 is 5.46 Å². The molecule has 1 saturated heterocycles. The highest BCUT2D eigenvalue weighted by atomic mass is 16.6. The van der Waals surface area contributed by atoms with Gasteiger partial charge in [0.15, 0.2) is 0 Å². The minimum Gasteiger partial charge on any atom is -0.407 e. The summed E-state index contributed by atoms with van der Waals surface area (Å²) in [4.78, 5) is 0. The number of aliphatic hydroxyl groups is 1. The van der Waals surface area contributed by atoms with E-state index in [0.29, 0.717) is 18.8 Å². The molecule has 2 fully saturated rings. The molecular weight excluding hydrogens is 265 g/mol. The molecule has 1 N–H and O–H groups in total. The molecule has 1 aliphatic heterocycles. The van der Waals surface area contributed by atoms with Crippen molar-refractivity contribution in [2.24, 2.45) is 5.41 Å². The molecule has 0 spiro atoms. The van der Waals surface area contributed by atoms with Crippen LogP contribution in [0.3, 0.4) is 0 Å². The molecule has 1 aromatic rings. The first kappa shape index (κ1) is 14.6. The van der Waals surface area contributed by atoms with E-state index in [1.807, 2.05) is 12.1 Å². The predicted molar refractivity (Wildman–Crippen MR) is 80.0 cm³/mol. The quantitative estimate of drug-likeness (QED) is 0.840. The Morgan fingerprint density at radius 2 is 1.90 bits per heavy atom. The normalized spacial score (nSPS) is 23.2. The summed E-state index contributed by atoms with van der Waals surface area (Å²) in [7, 11) is -0.488. The summed E-state index contributed by atoms with van der Waals surface area (Å²) >= 11 is 0. The van der Waals surface area contributed by atoms with Gasteiger partial charge in [0.25, 0.3) is 0 Å². The van der Waals surface area contributed by atoms with Gasteiger partial charge in [-0.1, -0.05) is 26.0 Å². The van der Waals surface area contributed by atoms with Crippen molar-refractivity contribution in [1.29, 1.82) is 5.26 Å². The smallest absolute Gasteiger partial charge is 0.407 e. The van der Waals surface area contributed by atoms with E-state index < -0.39 is 12.7 Å². The van der Waals surface area contributed by atoms with Gasteiger partial charge in [0.1, 0.15) is 0 Å². The SMILES string of the molecule is CC1(C)COB(c2ccc(C3(O)CCC3)cc2C#N)OC1. The number of nitrogens with zero attached hydrogens (tertiary/aromatic N) is 1. The highest BCUT2D eigenvalue weighted by Gasteiger charge is 2.38. The van der Waals surface area contributed by atoms with Crippen molar-refractivity contribution in [3.63, 3.8) is 0 Å². The van der Waals surface area contributed by atoms with Crippen molar-refractivity contribution in [2.45, 2.75) is 38.7 Å². The molecule has 1 heterocycles. The molecule has 3 rings (SSSR count). The third-order valence-electron chi connectivity index (χ3n) is 4.40. The van der Waals surface area contributed by atoms with Crippen LogP contribution in [0.4, 0.5) is 0 Å². The highest BCUT2D eigenvalue weighted by molar-refractivity contribution is 6.62. The average molecular weight is 285 g/mol. The third-order valence-corrected chi connectivity index (χ3v) is 4.40. The fourth-order valence-corrected chi connectivity index (χ4v) is 2.82. The second kappa shape index (κ2) is 5.13. The lowest BCUT2D eigenvalue weighted by atomic mass is 9.70. The Kier molecular flexibility index (Phi) is 3.57. The van der Waals surface area contributed by atoms with E-state index in [2.05, 4.69) is 19.9 Å². The van der Waals surface area contributed by atoms with E-state index >= 15 is 0 Å². The zero-order chi connectivity index (χ0) is 15.1. The van der Waals surface area contributed by atoms with Crippen molar-refractivity contribution >= 4 is 12.6 Å². The van der Waals surface area contributed by atoms with E-state index in [0.717, 1.165) is 30.3 Å². The second-order valence-electron chi connectivity index (χ2n) is 6.92. The van der Waals surface area contributed by atoms with Crippen LogP contribution in [0, 0.1) is 16.7 Å². The standard InChI is InChI=1S/C16H20BNO3/c1-15(2)10-20-17(21-11-15)14-5-4-13(8-12(14)9-18)16(19)6-3-7-16/h4-5,8,19H,3,6-7,10-11H2,1-2H3. The molecule has 0 bridgehead atoms. The van der Waals surface area contributed by atoms with Crippen molar-refractivity contribution in [2.75, 3.05) is 13.2 Å². The van der Waals surface area contributed by atoms with Gasteiger partial charge in [0.05, 0.1) is 17.2 Å². The van der Waals surface area contributed by atoms with E-state index in [1.54, 1.807) is 6.07 Å². The fourth-order valence-electron chi connectivity index (χ4n) is 2.82. The van der Waals surface area contributed by atoms with Gasteiger partial charge in [-0.2, -0.15) is 5.26 Å². The van der Waals surface area contributed by atoms with Gasteiger partial charge in [0.2, 0.25) is 0 Å². The summed E-state index contributed by atoms with van der Waals surface area (Å²) in [6, 6.07) is 7.73. The summed E-state index contributed by atoms with van der Waals surface area (Å²) in [5, 5.41) is 19.8. The highest BCUT2D eigenvalue weighted by Crippen LogP contribution is 2.41. The van der Waals surface area contributed by atoms with Crippen molar-refractivity contribution in [3.8, 4) is 6.07 Å². The Hall–Kier alpha value is -1.35. The molecule has 1 aliphatic carbocycles. The van der Waals surface area contributed by atoms with Crippen LogP contribution in [0.15, 0.2) is 18.2 Å².